The summed E-state index contributed by atoms with van der Waals surface area (Å²) in [7, 11) is 0. The Hall–Kier alpha value is -1.85. The van der Waals surface area contributed by atoms with Crippen LogP contribution < -0.4 is 0 Å². The van der Waals surface area contributed by atoms with E-state index in [2.05, 4.69) is 32.9 Å². The van der Waals surface area contributed by atoms with Crippen LogP contribution in [-0.2, 0) is 28.6 Å². The van der Waals surface area contributed by atoms with E-state index in [1.807, 2.05) is 0 Å². The highest BCUT2D eigenvalue weighted by Crippen LogP contribution is 2.14. The molecule has 0 aliphatic rings. The van der Waals surface area contributed by atoms with Crippen molar-refractivity contribution in [2.75, 3.05) is 13.2 Å². The number of carbonyl (C=O) groups excluding carboxylic acids is 3. The van der Waals surface area contributed by atoms with E-state index in [4.69, 9.17) is 14.2 Å². The average Bonchev–Trinajstić information content (AvgIpc) is 3.12. The Bertz CT molecular complexity index is 756. The lowest BCUT2D eigenvalue weighted by Gasteiger charge is -2.18. The van der Waals surface area contributed by atoms with Crippen LogP contribution >= 0.6 is 0 Å². The van der Waals surface area contributed by atoms with Gasteiger partial charge in [-0.3, -0.25) is 14.4 Å². The SMILES string of the molecule is CCCCCCCCC=CCCCCCCCC(=O)OC(COC(=O)CCCCCCCCCCC)COC(=O)CCCCCCCCCCC. The number of unbranched alkanes of at least 4 members (excludes halogenated alkanes) is 27. The molecular formula is C45H84O6. The summed E-state index contributed by atoms with van der Waals surface area (Å²) in [5, 5.41) is 0. The van der Waals surface area contributed by atoms with E-state index in [9.17, 15) is 14.4 Å². The van der Waals surface area contributed by atoms with E-state index < -0.39 is 6.10 Å². The second-order valence-electron chi connectivity index (χ2n) is 15.0. The fourth-order valence-electron chi connectivity index (χ4n) is 6.38. The molecular weight excluding hydrogens is 636 g/mol. The van der Waals surface area contributed by atoms with Gasteiger partial charge < -0.3 is 14.2 Å². The van der Waals surface area contributed by atoms with Crippen molar-refractivity contribution in [2.24, 2.45) is 0 Å². The van der Waals surface area contributed by atoms with E-state index in [0.29, 0.717) is 19.3 Å². The van der Waals surface area contributed by atoms with Gasteiger partial charge in [-0.1, -0.05) is 187 Å². The molecule has 51 heavy (non-hydrogen) atoms. The first-order valence-electron chi connectivity index (χ1n) is 22.2. The number of allylic oxidation sites excluding steroid dienone is 2. The molecule has 0 aliphatic carbocycles. The summed E-state index contributed by atoms with van der Waals surface area (Å²) in [5.74, 6) is -0.878. The van der Waals surface area contributed by atoms with Gasteiger partial charge in [0.1, 0.15) is 13.2 Å². The van der Waals surface area contributed by atoms with Gasteiger partial charge in [-0.05, 0) is 44.9 Å². The van der Waals surface area contributed by atoms with Gasteiger partial charge in [0.05, 0.1) is 0 Å². The molecule has 0 aromatic carbocycles. The molecule has 0 unspecified atom stereocenters. The molecule has 6 nitrogen and oxygen atoms in total. The van der Waals surface area contributed by atoms with Crippen molar-refractivity contribution in [1.29, 1.82) is 0 Å². The second kappa shape index (κ2) is 40.9. The van der Waals surface area contributed by atoms with E-state index in [1.165, 1.54) is 135 Å². The molecule has 0 atom stereocenters. The smallest absolute Gasteiger partial charge is 0.306 e. The molecule has 0 saturated carbocycles. The minimum absolute atomic E-state index is 0.0698. The molecule has 0 N–H and O–H groups in total. The Morgan fingerprint density at radius 3 is 0.980 bits per heavy atom. The summed E-state index contributed by atoms with van der Waals surface area (Å²) in [5.41, 5.74) is 0. The van der Waals surface area contributed by atoms with Crippen molar-refractivity contribution in [3.05, 3.63) is 12.2 Å². The van der Waals surface area contributed by atoms with Gasteiger partial charge in [0, 0.05) is 19.3 Å². The minimum Gasteiger partial charge on any atom is -0.462 e. The number of ether oxygens (including phenoxy) is 3. The Morgan fingerprint density at radius 2 is 0.647 bits per heavy atom. The van der Waals surface area contributed by atoms with Crippen molar-refractivity contribution >= 4 is 17.9 Å². The van der Waals surface area contributed by atoms with Gasteiger partial charge in [0.2, 0.25) is 0 Å². The molecule has 0 saturated heterocycles. The fraction of sp³-hybridized carbons (Fsp3) is 0.889. The van der Waals surface area contributed by atoms with Crippen LogP contribution in [0.15, 0.2) is 12.2 Å². The molecule has 0 aliphatic heterocycles. The highest BCUT2D eigenvalue weighted by atomic mass is 16.6. The van der Waals surface area contributed by atoms with E-state index >= 15 is 0 Å². The zero-order chi connectivity index (χ0) is 37.3. The molecule has 0 rings (SSSR count). The standard InChI is InChI=1S/C45H84O6/c1-4-7-10-13-16-19-20-21-22-23-24-27-30-33-36-39-45(48)51-42(40-49-43(46)37-34-31-28-25-17-14-11-8-5-2)41-50-44(47)38-35-32-29-26-18-15-12-9-6-3/h21-22,42H,4-20,23-41H2,1-3H3. The summed E-state index contributed by atoms with van der Waals surface area (Å²) >= 11 is 0. The van der Waals surface area contributed by atoms with Crippen LogP contribution in [0.1, 0.15) is 239 Å². The largest absolute Gasteiger partial charge is 0.462 e. The Balaban J connectivity index is 4.33. The lowest BCUT2D eigenvalue weighted by molar-refractivity contribution is -0.167. The van der Waals surface area contributed by atoms with Crippen molar-refractivity contribution in [1.82, 2.24) is 0 Å². The van der Waals surface area contributed by atoms with Crippen LogP contribution in [-0.4, -0.2) is 37.2 Å². The van der Waals surface area contributed by atoms with Gasteiger partial charge in [-0.15, -0.1) is 0 Å². The Kier molecular flexibility index (Phi) is 39.4. The first-order chi connectivity index (χ1) is 25.0. The predicted octanol–water partition coefficient (Wildman–Crippen LogP) is 13.9. The fourth-order valence-corrected chi connectivity index (χ4v) is 6.38. The maximum Gasteiger partial charge on any atom is 0.306 e. The maximum atomic E-state index is 12.7. The van der Waals surface area contributed by atoms with E-state index in [-0.39, 0.29) is 31.1 Å². The average molecular weight is 721 g/mol. The minimum atomic E-state index is -0.764. The number of carbonyl (C=O) groups is 3. The Morgan fingerprint density at radius 1 is 0.373 bits per heavy atom. The third-order valence-electron chi connectivity index (χ3n) is 9.77. The summed E-state index contributed by atoms with van der Waals surface area (Å²) in [6, 6.07) is 0. The van der Waals surface area contributed by atoms with Gasteiger partial charge in [-0.25, -0.2) is 0 Å². The van der Waals surface area contributed by atoms with Crippen molar-refractivity contribution in [3.8, 4) is 0 Å². The third-order valence-corrected chi connectivity index (χ3v) is 9.77. The van der Waals surface area contributed by atoms with Crippen molar-refractivity contribution in [2.45, 2.75) is 245 Å². The molecule has 0 heterocycles. The number of rotatable bonds is 40. The molecule has 0 spiro atoms. The van der Waals surface area contributed by atoms with Crippen LogP contribution in [0.25, 0.3) is 0 Å². The van der Waals surface area contributed by atoms with Crippen LogP contribution in [0.5, 0.6) is 0 Å². The van der Waals surface area contributed by atoms with Gasteiger partial charge >= 0.3 is 17.9 Å². The highest BCUT2D eigenvalue weighted by molar-refractivity contribution is 5.71. The van der Waals surface area contributed by atoms with Gasteiger partial charge in [0.25, 0.3) is 0 Å². The van der Waals surface area contributed by atoms with Crippen LogP contribution in [0.2, 0.25) is 0 Å². The van der Waals surface area contributed by atoms with Gasteiger partial charge in [-0.2, -0.15) is 0 Å². The highest BCUT2D eigenvalue weighted by Gasteiger charge is 2.19. The van der Waals surface area contributed by atoms with Crippen LogP contribution in [0.4, 0.5) is 0 Å². The summed E-state index contributed by atoms with van der Waals surface area (Å²) in [6.07, 6.45) is 41.9. The van der Waals surface area contributed by atoms with Crippen molar-refractivity contribution in [3.63, 3.8) is 0 Å². The predicted molar refractivity (Wildman–Crippen MR) is 215 cm³/mol. The molecule has 0 amide bonds. The quantitative estimate of drug-likeness (QED) is 0.0271. The third kappa shape index (κ3) is 39.2. The summed E-state index contributed by atoms with van der Waals surface area (Å²) in [6.45, 7) is 6.59. The maximum absolute atomic E-state index is 12.7. The van der Waals surface area contributed by atoms with Gasteiger partial charge in [0.15, 0.2) is 6.10 Å². The lowest BCUT2D eigenvalue weighted by Crippen LogP contribution is -2.30. The van der Waals surface area contributed by atoms with E-state index in [1.54, 1.807) is 0 Å². The monoisotopic (exact) mass is 721 g/mol. The summed E-state index contributed by atoms with van der Waals surface area (Å²) < 4.78 is 16.6. The molecule has 0 aromatic heterocycles. The number of esters is 3. The van der Waals surface area contributed by atoms with Crippen molar-refractivity contribution < 1.29 is 28.6 Å². The molecule has 0 radical (unpaired) electrons. The first-order valence-corrected chi connectivity index (χ1v) is 22.2. The Labute approximate surface area is 316 Å². The zero-order valence-corrected chi connectivity index (χ0v) is 34.1. The number of hydrogen-bond donors (Lipinski definition) is 0. The van der Waals surface area contributed by atoms with Crippen LogP contribution in [0, 0.1) is 0 Å². The molecule has 300 valence electrons. The molecule has 0 aromatic rings. The topological polar surface area (TPSA) is 78.9 Å². The summed E-state index contributed by atoms with van der Waals surface area (Å²) in [4.78, 5) is 37.5. The first kappa shape index (κ1) is 49.1. The zero-order valence-electron chi connectivity index (χ0n) is 34.1. The number of hydrogen-bond acceptors (Lipinski definition) is 6. The molecule has 0 fully saturated rings. The van der Waals surface area contributed by atoms with Crippen LogP contribution in [0.3, 0.4) is 0 Å². The molecule has 0 bridgehead atoms. The van der Waals surface area contributed by atoms with E-state index in [0.717, 1.165) is 64.2 Å². The molecule has 6 heteroatoms. The second-order valence-corrected chi connectivity index (χ2v) is 15.0. The normalized spacial score (nSPS) is 11.5. The lowest BCUT2D eigenvalue weighted by atomic mass is 10.1.